The van der Waals surface area contributed by atoms with Gasteiger partial charge in [0.25, 0.3) is 0 Å². The Labute approximate surface area is 103 Å². The molecule has 0 fully saturated rings. The second-order valence-electron chi connectivity index (χ2n) is 3.53. The van der Waals surface area contributed by atoms with Gasteiger partial charge in [-0.05, 0) is 43.5 Å². The SMILES string of the molecule is CC#CCCc1cc(Cl)ccc1OCCC. The minimum Gasteiger partial charge on any atom is -0.493 e. The predicted octanol–water partition coefficient (Wildman–Crippen LogP) is 4.08. The van der Waals surface area contributed by atoms with E-state index in [9.17, 15) is 0 Å². The first-order valence-electron chi connectivity index (χ1n) is 5.58. The van der Waals surface area contributed by atoms with E-state index in [4.69, 9.17) is 16.3 Å². The number of halogens is 1. The average Bonchev–Trinajstić information content (AvgIpc) is 2.28. The zero-order valence-electron chi connectivity index (χ0n) is 9.85. The highest BCUT2D eigenvalue weighted by Gasteiger charge is 2.03. The van der Waals surface area contributed by atoms with E-state index < -0.39 is 0 Å². The molecule has 0 aliphatic heterocycles. The zero-order chi connectivity index (χ0) is 11.8. The maximum absolute atomic E-state index is 5.97. The summed E-state index contributed by atoms with van der Waals surface area (Å²) in [6.45, 7) is 4.69. The van der Waals surface area contributed by atoms with Crippen LogP contribution >= 0.6 is 11.6 Å². The topological polar surface area (TPSA) is 9.23 Å². The van der Waals surface area contributed by atoms with Crippen LogP contribution in [0.1, 0.15) is 32.3 Å². The van der Waals surface area contributed by atoms with Crippen molar-refractivity contribution in [2.45, 2.75) is 33.1 Å². The summed E-state index contributed by atoms with van der Waals surface area (Å²) in [5.41, 5.74) is 1.14. The third-order valence-electron chi connectivity index (χ3n) is 2.18. The van der Waals surface area contributed by atoms with Gasteiger partial charge in [-0.2, -0.15) is 0 Å². The van der Waals surface area contributed by atoms with Gasteiger partial charge in [-0.1, -0.05) is 18.5 Å². The van der Waals surface area contributed by atoms with Crippen molar-refractivity contribution in [3.8, 4) is 17.6 Å². The summed E-state index contributed by atoms with van der Waals surface area (Å²) in [7, 11) is 0. The first kappa shape index (κ1) is 12.9. The summed E-state index contributed by atoms with van der Waals surface area (Å²) >= 11 is 5.97. The lowest BCUT2D eigenvalue weighted by molar-refractivity contribution is 0.314. The molecule has 0 N–H and O–H groups in total. The highest BCUT2D eigenvalue weighted by atomic mass is 35.5. The van der Waals surface area contributed by atoms with Gasteiger partial charge in [0.1, 0.15) is 5.75 Å². The minimum absolute atomic E-state index is 0.744. The van der Waals surface area contributed by atoms with Crippen LogP contribution in [-0.4, -0.2) is 6.61 Å². The molecular weight excluding hydrogens is 220 g/mol. The Morgan fingerprint density at radius 2 is 2.19 bits per heavy atom. The summed E-state index contributed by atoms with van der Waals surface area (Å²) in [6, 6.07) is 5.76. The van der Waals surface area contributed by atoms with Crippen molar-refractivity contribution in [2.24, 2.45) is 0 Å². The lowest BCUT2D eigenvalue weighted by Crippen LogP contribution is -1.98. The molecule has 0 radical (unpaired) electrons. The third kappa shape index (κ3) is 4.16. The molecule has 16 heavy (non-hydrogen) atoms. The Bertz CT molecular complexity index is 387. The highest BCUT2D eigenvalue weighted by molar-refractivity contribution is 6.30. The summed E-state index contributed by atoms with van der Waals surface area (Å²) in [5.74, 6) is 6.88. The Balaban J connectivity index is 2.75. The van der Waals surface area contributed by atoms with Crippen molar-refractivity contribution >= 4 is 11.6 Å². The molecule has 2 heteroatoms. The van der Waals surface area contributed by atoms with Crippen LogP contribution in [-0.2, 0) is 6.42 Å². The second-order valence-corrected chi connectivity index (χ2v) is 3.96. The van der Waals surface area contributed by atoms with Crippen molar-refractivity contribution in [2.75, 3.05) is 6.61 Å². The summed E-state index contributed by atoms with van der Waals surface area (Å²) < 4.78 is 5.67. The maximum Gasteiger partial charge on any atom is 0.122 e. The molecule has 0 heterocycles. The molecule has 0 aromatic heterocycles. The Kier molecular flexibility index (Phi) is 5.82. The first-order valence-corrected chi connectivity index (χ1v) is 5.96. The van der Waals surface area contributed by atoms with Crippen LogP contribution in [0.15, 0.2) is 18.2 Å². The molecule has 86 valence electrons. The molecule has 1 aromatic rings. The normalized spacial score (nSPS) is 9.44. The number of aryl methyl sites for hydroxylation is 1. The zero-order valence-corrected chi connectivity index (χ0v) is 10.6. The van der Waals surface area contributed by atoms with Crippen LogP contribution in [0, 0.1) is 11.8 Å². The van der Waals surface area contributed by atoms with Crippen LogP contribution in [0.3, 0.4) is 0 Å². The molecule has 0 bridgehead atoms. The minimum atomic E-state index is 0.744. The predicted molar refractivity (Wildman–Crippen MR) is 69.0 cm³/mol. The fourth-order valence-electron chi connectivity index (χ4n) is 1.42. The van der Waals surface area contributed by atoms with E-state index in [1.165, 1.54) is 0 Å². The number of hydrogen-bond acceptors (Lipinski definition) is 1. The van der Waals surface area contributed by atoms with E-state index in [2.05, 4.69) is 18.8 Å². The van der Waals surface area contributed by atoms with Gasteiger partial charge in [-0.3, -0.25) is 0 Å². The van der Waals surface area contributed by atoms with Crippen LogP contribution in [0.2, 0.25) is 5.02 Å². The molecule has 0 atom stereocenters. The van der Waals surface area contributed by atoms with Crippen LogP contribution in [0.4, 0.5) is 0 Å². The van der Waals surface area contributed by atoms with Gasteiger partial charge in [0.2, 0.25) is 0 Å². The molecule has 0 spiro atoms. The quantitative estimate of drug-likeness (QED) is 0.700. The van der Waals surface area contributed by atoms with Gasteiger partial charge in [0.05, 0.1) is 6.61 Å². The number of hydrogen-bond donors (Lipinski definition) is 0. The smallest absolute Gasteiger partial charge is 0.122 e. The molecule has 1 aromatic carbocycles. The van der Waals surface area contributed by atoms with Gasteiger partial charge in [-0.15, -0.1) is 11.8 Å². The van der Waals surface area contributed by atoms with Crippen molar-refractivity contribution in [3.05, 3.63) is 28.8 Å². The summed E-state index contributed by atoms with van der Waals surface area (Å²) in [6.07, 6.45) is 2.75. The van der Waals surface area contributed by atoms with Crippen LogP contribution < -0.4 is 4.74 Å². The summed E-state index contributed by atoms with van der Waals surface area (Å²) in [5, 5.41) is 0.753. The second kappa shape index (κ2) is 7.19. The van der Waals surface area contributed by atoms with E-state index in [-0.39, 0.29) is 0 Å². The number of rotatable bonds is 5. The lowest BCUT2D eigenvalue weighted by Gasteiger charge is -2.10. The van der Waals surface area contributed by atoms with Crippen molar-refractivity contribution < 1.29 is 4.74 Å². The summed E-state index contributed by atoms with van der Waals surface area (Å²) in [4.78, 5) is 0. The van der Waals surface area contributed by atoms with Gasteiger partial charge in [-0.25, -0.2) is 0 Å². The van der Waals surface area contributed by atoms with Gasteiger partial charge < -0.3 is 4.74 Å². The van der Waals surface area contributed by atoms with E-state index in [1.807, 2.05) is 25.1 Å². The van der Waals surface area contributed by atoms with E-state index in [1.54, 1.807) is 0 Å². The molecule has 0 aliphatic rings. The number of benzene rings is 1. The third-order valence-corrected chi connectivity index (χ3v) is 2.42. The first-order chi connectivity index (χ1) is 7.77. The Morgan fingerprint density at radius 1 is 1.38 bits per heavy atom. The average molecular weight is 237 g/mol. The lowest BCUT2D eigenvalue weighted by atomic mass is 10.1. The molecule has 0 saturated carbocycles. The maximum atomic E-state index is 5.97. The molecule has 0 saturated heterocycles. The molecule has 0 unspecified atom stereocenters. The van der Waals surface area contributed by atoms with Crippen LogP contribution in [0.5, 0.6) is 5.75 Å². The fourth-order valence-corrected chi connectivity index (χ4v) is 1.61. The number of ether oxygens (including phenoxy) is 1. The standard InChI is InChI=1S/C14H17ClO/c1-3-5-6-7-12-11-13(15)8-9-14(12)16-10-4-2/h8-9,11H,4,6-7,10H2,1-2H3. The molecule has 1 nitrogen and oxygen atoms in total. The van der Waals surface area contributed by atoms with Crippen molar-refractivity contribution in [1.82, 2.24) is 0 Å². The van der Waals surface area contributed by atoms with E-state index >= 15 is 0 Å². The monoisotopic (exact) mass is 236 g/mol. The molecular formula is C14H17ClO. The Hall–Kier alpha value is -1.13. The molecule has 0 aliphatic carbocycles. The molecule has 1 rings (SSSR count). The van der Waals surface area contributed by atoms with Crippen molar-refractivity contribution in [3.63, 3.8) is 0 Å². The highest BCUT2D eigenvalue weighted by Crippen LogP contribution is 2.24. The van der Waals surface area contributed by atoms with Gasteiger partial charge >= 0.3 is 0 Å². The van der Waals surface area contributed by atoms with Gasteiger partial charge in [0.15, 0.2) is 0 Å². The van der Waals surface area contributed by atoms with Crippen LogP contribution in [0.25, 0.3) is 0 Å². The van der Waals surface area contributed by atoms with E-state index in [0.29, 0.717) is 0 Å². The van der Waals surface area contributed by atoms with E-state index in [0.717, 1.165) is 42.2 Å². The largest absolute Gasteiger partial charge is 0.493 e. The van der Waals surface area contributed by atoms with Gasteiger partial charge in [0, 0.05) is 11.4 Å². The van der Waals surface area contributed by atoms with Crippen molar-refractivity contribution in [1.29, 1.82) is 0 Å². The fraction of sp³-hybridized carbons (Fsp3) is 0.429. The Morgan fingerprint density at radius 3 is 2.88 bits per heavy atom. The molecule has 0 amide bonds.